The van der Waals surface area contributed by atoms with Crippen LogP contribution in [0.3, 0.4) is 0 Å². The highest BCUT2D eigenvalue weighted by atomic mass is 16.3. The fourth-order valence-electron chi connectivity index (χ4n) is 8.95. The molecule has 0 bridgehead atoms. The van der Waals surface area contributed by atoms with Crippen LogP contribution in [-0.4, -0.2) is 15.0 Å². The highest BCUT2D eigenvalue weighted by Crippen LogP contribution is 2.43. The number of hydrogen-bond acceptors (Lipinski definition) is 4. The molecule has 0 saturated carbocycles. The van der Waals surface area contributed by atoms with E-state index in [4.69, 9.17) is 19.4 Å². The summed E-state index contributed by atoms with van der Waals surface area (Å²) >= 11 is 0. The average Bonchev–Trinajstić information content (AvgIpc) is 3.68. The Morgan fingerprint density at radius 1 is 0.404 bits per heavy atom. The van der Waals surface area contributed by atoms with Crippen molar-refractivity contribution in [1.82, 2.24) is 15.0 Å². The fourth-order valence-corrected chi connectivity index (χ4v) is 8.95. The maximum atomic E-state index is 6.85. The highest BCUT2D eigenvalue weighted by molar-refractivity contribution is 6.14. The van der Waals surface area contributed by atoms with Crippen molar-refractivity contribution in [2.75, 3.05) is 0 Å². The van der Waals surface area contributed by atoms with Gasteiger partial charge in [-0.15, -0.1) is 0 Å². The Kier molecular flexibility index (Phi) is 7.02. The van der Waals surface area contributed by atoms with Gasteiger partial charge in [0.05, 0.1) is 0 Å². The third kappa shape index (κ3) is 5.11. The summed E-state index contributed by atoms with van der Waals surface area (Å²) in [6.07, 6.45) is 6.25. The van der Waals surface area contributed by atoms with Crippen LogP contribution in [-0.2, 0) is 6.42 Å². The van der Waals surface area contributed by atoms with Crippen molar-refractivity contribution in [3.05, 3.63) is 181 Å². The van der Waals surface area contributed by atoms with Gasteiger partial charge in [-0.3, -0.25) is 0 Å². The van der Waals surface area contributed by atoms with Crippen molar-refractivity contribution >= 4 is 70.9 Å². The molecule has 1 aliphatic carbocycles. The first-order valence-corrected chi connectivity index (χ1v) is 19.6. The summed E-state index contributed by atoms with van der Waals surface area (Å²) in [4.78, 5) is 16.1. The van der Waals surface area contributed by atoms with Crippen LogP contribution in [0.4, 0.5) is 0 Å². The monoisotopic (exact) mass is 727 g/mol. The molecular weight excluding hydrogens is 695 g/mol. The number of fused-ring (bicyclic) bond motifs is 10. The van der Waals surface area contributed by atoms with E-state index in [9.17, 15) is 0 Å². The maximum absolute atomic E-state index is 6.85. The number of benzene rings is 9. The number of rotatable bonds is 4. The van der Waals surface area contributed by atoms with E-state index in [-0.39, 0.29) is 0 Å². The second-order valence-electron chi connectivity index (χ2n) is 15.0. The van der Waals surface area contributed by atoms with E-state index in [0.29, 0.717) is 17.5 Å². The maximum Gasteiger partial charge on any atom is 0.164 e. The first-order chi connectivity index (χ1) is 28.2. The summed E-state index contributed by atoms with van der Waals surface area (Å²) in [6, 6.07) is 58.3. The topological polar surface area (TPSA) is 51.8 Å². The quantitative estimate of drug-likeness (QED) is 0.169. The molecule has 266 valence electrons. The minimum absolute atomic E-state index is 0.614. The summed E-state index contributed by atoms with van der Waals surface area (Å²) < 4.78 is 6.85. The van der Waals surface area contributed by atoms with E-state index in [0.717, 1.165) is 73.7 Å². The van der Waals surface area contributed by atoms with Crippen molar-refractivity contribution in [2.45, 2.75) is 12.8 Å². The number of hydrogen-bond donors (Lipinski definition) is 0. The van der Waals surface area contributed by atoms with E-state index in [2.05, 4.69) is 176 Å². The molecule has 57 heavy (non-hydrogen) atoms. The standard InChI is InChI=1S/C53H33N3O/c1-2-13-35-29-37(25-21-32(35)11-1)41-27-28-45(49-44-19-9-10-20-48(44)57-50(41)49)52-54-51(38-26-24-34-23-22-33-12-3-5-15-39(33)46(34)31-38)55-53(56-52)47-30-36-14-4-6-16-40(36)42-17-7-8-18-43(42)47/h1-9,11-19,21-31H,10,20H2. The molecular formula is C53H33N3O. The van der Waals surface area contributed by atoms with Crippen molar-refractivity contribution < 1.29 is 4.42 Å². The van der Waals surface area contributed by atoms with Crippen molar-refractivity contribution in [2.24, 2.45) is 0 Å². The summed E-state index contributed by atoms with van der Waals surface area (Å²) in [5.74, 6) is 2.87. The normalized spacial score (nSPS) is 12.7. The SMILES string of the molecule is C1=Cc2c(oc3c(-c4ccc5ccccc5c4)ccc(-c4nc(-c5ccc6ccc7ccccc7c6c5)nc(-c5cc6ccccc6c6ccccc56)n4)c23)CC1. The summed E-state index contributed by atoms with van der Waals surface area (Å²) in [7, 11) is 0. The van der Waals surface area contributed by atoms with E-state index in [1.807, 2.05) is 0 Å². The first-order valence-electron chi connectivity index (χ1n) is 19.6. The molecule has 1 aliphatic rings. The van der Waals surface area contributed by atoms with Gasteiger partial charge in [-0.1, -0.05) is 146 Å². The van der Waals surface area contributed by atoms with Gasteiger partial charge in [-0.05, 0) is 96.2 Å². The Bertz CT molecular complexity index is 3480. The molecule has 4 heteroatoms. The summed E-state index contributed by atoms with van der Waals surface area (Å²) in [5.41, 5.74) is 6.96. The van der Waals surface area contributed by atoms with Crippen molar-refractivity contribution in [3.8, 4) is 45.3 Å². The molecule has 4 nitrogen and oxygen atoms in total. The van der Waals surface area contributed by atoms with Crippen LogP contribution in [0.2, 0.25) is 0 Å². The van der Waals surface area contributed by atoms with Crippen LogP contribution in [0.1, 0.15) is 17.7 Å². The second-order valence-corrected chi connectivity index (χ2v) is 15.0. The van der Waals surface area contributed by atoms with Gasteiger partial charge >= 0.3 is 0 Å². The summed E-state index contributed by atoms with van der Waals surface area (Å²) in [5, 5.41) is 12.8. The van der Waals surface area contributed by atoms with Gasteiger partial charge in [0.25, 0.3) is 0 Å². The molecule has 0 amide bonds. The number of nitrogens with zero attached hydrogens (tertiary/aromatic N) is 3. The molecule has 0 fully saturated rings. The van der Waals surface area contributed by atoms with Gasteiger partial charge in [0.2, 0.25) is 0 Å². The lowest BCUT2D eigenvalue weighted by atomic mass is 9.94. The Morgan fingerprint density at radius 2 is 1.00 bits per heavy atom. The molecule has 9 aromatic carbocycles. The molecule has 0 radical (unpaired) electrons. The Balaban J connectivity index is 1.14. The first kappa shape index (κ1) is 31.9. The van der Waals surface area contributed by atoms with E-state index < -0.39 is 0 Å². The number of allylic oxidation sites excluding steroid dienone is 1. The van der Waals surface area contributed by atoms with Crippen LogP contribution in [0.25, 0.3) is 116 Å². The predicted octanol–water partition coefficient (Wildman–Crippen LogP) is 14.0. The largest absolute Gasteiger partial charge is 0.460 e. The number of aromatic nitrogens is 3. The van der Waals surface area contributed by atoms with Crippen LogP contribution >= 0.6 is 0 Å². The molecule has 11 aromatic rings. The third-order valence-corrected chi connectivity index (χ3v) is 11.7. The molecule has 0 aliphatic heterocycles. The minimum atomic E-state index is 0.614. The second kappa shape index (κ2) is 12.6. The van der Waals surface area contributed by atoms with Gasteiger partial charge in [-0.2, -0.15) is 0 Å². The smallest absolute Gasteiger partial charge is 0.164 e. The lowest BCUT2D eigenvalue weighted by Crippen LogP contribution is -2.01. The third-order valence-electron chi connectivity index (χ3n) is 11.7. The average molecular weight is 728 g/mol. The van der Waals surface area contributed by atoms with Crippen LogP contribution in [0, 0.1) is 0 Å². The van der Waals surface area contributed by atoms with Crippen LogP contribution in [0.5, 0.6) is 0 Å². The lowest BCUT2D eigenvalue weighted by molar-refractivity contribution is 0.547. The zero-order valence-electron chi connectivity index (χ0n) is 30.9. The summed E-state index contributed by atoms with van der Waals surface area (Å²) in [6.45, 7) is 0. The molecule has 12 rings (SSSR count). The van der Waals surface area contributed by atoms with E-state index in [1.165, 1.54) is 43.1 Å². The Labute approximate surface area is 328 Å². The molecule has 0 N–H and O–H groups in total. The minimum Gasteiger partial charge on any atom is -0.460 e. The molecule has 0 unspecified atom stereocenters. The van der Waals surface area contributed by atoms with E-state index >= 15 is 0 Å². The highest BCUT2D eigenvalue weighted by Gasteiger charge is 2.24. The van der Waals surface area contributed by atoms with Crippen LogP contribution in [0.15, 0.2) is 174 Å². The fraction of sp³-hybridized carbons (Fsp3) is 0.0377. The zero-order chi connectivity index (χ0) is 37.5. The predicted molar refractivity (Wildman–Crippen MR) is 236 cm³/mol. The van der Waals surface area contributed by atoms with Crippen LogP contribution < -0.4 is 0 Å². The number of furan rings is 1. The molecule has 2 heterocycles. The zero-order valence-corrected chi connectivity index (χ0v) is 30.9. The van der Waals surface area contributed by atoms with E-state index in [1.54, 1.807) is 0 Å². The number of aryl methyl sites for hydroxylation is 1. The Hall–Kier alpha value is -7.43. The van der Waals surface area contributed by atoms with Gasteiger partial charge < -0.3 is 4.42 Å². The Morgan fingerprint density at radius 3 is 1.84 bits per heavy atom. The molecule has 2 aromatic heterocycles. The van der Waals surface area contributed by atoms with Gasteiger partial charge in [0.1, 0.15) is 11.3 Å². The van der Waals surface area contributed by atoms with Gasteiger partial charge in [0.15, 0.2) is 17.5 Å². The molecule has 0 saturated heterocycles. The molecule has 0 spiro atoms. The van der Waals surface area contributed by atoms with Crippen molar-refractivity contribution in [1.29, 1.82) is 0 Å². The van der Waals surface area contributed by atoms with Crippen molar-refractivity contribution in [3.63, 3.8) is 0 Å². The lowest BCUT2D eigenvalue weighted by Gasteiger charge is -2.14. The van der Waals surface area contributed by atoms with Gasteiger partial charge in [-0.25, -0.2) is 15.0 Å². The van der Waals surface area contributed by atoms with Gasteiger partial charge in [0, 0.05) is 39.6 Å². The molecule has 0 atom stereocenters.